The number of hydrogen-bond acceptors (Lipinski definition) is 6. The van der Waals surface area contributed by atoms with Crippen LogP contribution in [0, 0.1) is 0 Å². The van der Waals surface area contributed by atoms with E-state index < -0.39 is 10.0 Å². The van der Waals surface area contributed by atoms with Gasteiger partial charge >= 0.3 is 0 Å². The molecule has 156 valence electrons. The van der Waals surface area contributed by atoms with E-state index >= 15 is 0 Å². The Balaban J connectivity index is 1.53. The Kier molecular flexibility index (Phi) is 5.99. The molecule has 31 heavy (non-hydrogen) atoms. The lowest BCUT2D eigenvalue weighted by Crippen LogP contribution is -2.16. The number of sulfonamides is 1. The van der Waals surface area contributed by atoms with Gasteiger partial charge in [-0.1, -0.05) is 72.4 Å². The van der Waals surface area contributed by atoms with Gasteiger partial charge in [0.25, 0.3) is 0 Å². The molecule has 0 bridgehead atoms. The van der Waals surface area contributed by atoms with Crippen LogP contribution in [0.15, 0.2) is 88.8 Å². The molecule has 0 unspecified atom stereocenters. The van der Waals surface area contributed by atoms with Gasteiger partial charge in [-0.15, -0.1) is 10.2 Å². The van der Waals surface area contributed by atoms with Crippen LogP contribution in [0.4, 0.5) is 5.69 Å². The highest BCUT2D eigenvalue weighted by atomic mass is 32.2. The van der Waals surface area contributed by atoms with Crippen molar-refractivity contribution in [3.63, 3.8) is 0 Å². The summed E-state index contributed by atoms with van der Waals surface area (Å²) >= 11 is 1.26. The van der Waals surface area contributed by atoms with Gasteiger partial charge in [-0.05, 0) is 18.2 Å². The number of thioether (sulfide) groups is 1. The number of benzene rings is 3. The molecule has 1 heterocycles. The van der Waals surface area contributed by atoms with Gasteiger partial charge in [0, 0.05) is 22.0 Å². The lowest BCUT2D eigenvalue weighted by molar-refractivity contribution is -0.113. The summed E-state index contributed by atoms with van der Waals surface area (Å²) in [5.41, 5.74) is 2.10. The maximum atomic E-state index is 12.4. The molecule has 0 spiro atoms. The van der Waals surface area contributed by atoms with E-state index in [1.165, 1.54) is 30.0 Å². The SMILES string of the molecule is NS(=O)(=O)c1cccc(NC(=O)CSc2nnc(-c3ccccc3)c3ccccc23)c1. The largest absolute Gasteiger partial charge is 0.325 e. The molecular weight excluding hydrogens is 432 g/mol. The number of fused-ring (bicyclic) bond motifs is 1. The fourth-order valence-corrected chi connectivity index (χ4v) is 4.41. The number of nitrogens with zero attached hydrogens (tertiary/aromatic N) is 2. The van der Waals surface area contributed by atoms with Crippen molar-refractivity contribution in [2.75, 3.05) is 11.1 Å². The number of rotatable bonds is 6. The smallest absolute Gasteiger partial charge is 0.238 e. The first-order chi connectivity index (χ1) is 14.9. The quantitative estimate of drug-likeness (QED) is 0.433. The number of anilines is 1. The molecule has 0 atom stereocenters. The van der Waals surface area contributed by atoms with Gasteiger partial charge in [-0.25, -0.2) is 13.6 Å². The second-order valence-electron chi connectivity index (χ2n) is 6.68. The van der Waals surface area contributed by atoms with Gasteiger partial charge in [0.05, 0.1) is 10.6 Å². The number of aromatic nitrogens is 2. The summed E-state index contributed by atoms with van der Waals surface area (Å²) in [6, 6.07) is 23.4. The predicted octanol–water partition coefficient (Wildman–Crippen LogP) is 3.68. The van der Waals surface area contributed by atoms with Crippen LogP contribution in [0.3, 0.4) is 0 Å². The molecule has 0 aliphatic heterocycles. The maximum absolute atomic E-state index is 12.4. The third-order valence-electron chi connectivity index (χ3n) is 4.49. The zero-order chi connectivity index (χ0) is 21.8. The lowest BCUT2D eigenvalue weighted by atomic mass is 10.1. The van der Waals surface area contributed by atoms with E-state index in [0.29, 0.717) is 10.7 Å². The van der Waals surface area contributed by atoms with Gasteiger partial charge < -0.3 is 5.32 Å². The summed E-state index contributed by atoms with van der Waals surface area (Å²) in [6.45, 7) is 0. The van der Waals surface area contributed by atoms with Crippen molar-refractivity contribution >= 4 is 44.2 Å². The van der Waals surface area contributed by atoms with E-state index in [9.17, 15) is 13.2 Å². The van der Waals surface area contributed by atoms with Crippen LogP contribution in [0.2, 0.25) is 0 Å². The van der Waals surface area contributed by atoms with Crippen LogP contribution >= 0.6 is 11.8 Å². The number of nitrogens with two attached hydrogens (primary N) is 1. The summed E-state index contributed by atoms with van der Waals surface area (Å²) in [6.07, 6.45) is 0. The van der Waals surface area contributed by atoms with Crippen molar-refractivity contribution < 1.29 is 13.2 Å². The first-order valence-electron chi connectivity index (χ1n) is 9.28. The zero-order valence-corrected chi connectivity index (χ0v) is 17.9. The highest BCUT2D eigenvalue weighted by Gasteiger charge is 2.14. The van der Waals surface area contributed by atoms with E-state index in [0.717, 1.165) is 22.0 Å². The second kappa shape index (κ2) is 8.84. The van der Waals surface area contributed by atoms with Gasteiger partial charge in [-0.2, -0.15) is 0 Å². The van der Waals surface area contributed by atoms with Crippen molar-refractivity contribution in [3.8, 4) is 11.3 Å². The third kappa shape index (κ3) is 4.91. The van der Waals surface area contributed by atoms with Crippen molar-refractivity contribution in [1.29, 1.82) is 0 Å². The second-order valence-corrected chi connectivity index (χ2v) is 9.20. The minimum absolute atomic E-state index is 0.0636. The average molecular weight is 451 g/mol. The first kappa shape index (κ1) is 21.0. The fourth-order valence-electron chi connectivity index (χ4n) is 3.08. The molecule has 1 amide bonds. The standard InChI is InChI=1S/C22H18N4O3S2/c23-31(28,29)17-10-6-9-16(13-17)24-20(27)14-30-22-19-12-5-4-11-18(19)21(25-26-22)15-7-2-1-3-8-15/h1-13H,14H2,(H,24,27)(H2,23,28,29). The van der Waals surface area contributed by atoms with E-state index in [1.807, 2.05) is 54.6 Å². The molecule has 0 aliphatic rings. The number of primary sulfonamides is 1. The Morgan fingerprint density at radius 2 is 1.61 bits per heavy atom. The van der Waals surface area contributed by atoms with Crippen LogP contribution in [-0.2, 0) is 14.8 Å². The average Bonchev–Trinajstić information content (AvgIpc) is 2.77. The van der Waals surface area contributed by atoms with Crippen LogP contribution in [0.5, 0.6) is 0 Å². The summed E-state index contributed by atoms with van der Waals surface area (Å²) in [5, 5.41) is 19.1. The van der Waals surface area contributed by atoms with Crippen molar-refractivity contribution in [1.82, 2.24) is 10.2 Å². The van der Waals surface area contributed by atoms with E-state index in [-0.39, 0.29) is 16.6 Å². The number of hydrogen-bond donors (Lipinski definition) is 2. The predicted molar refractivity (Wildman–Crippen MR) is 122 cm³/mol. The molecule has 0 saturated heterocycles. The molecule has 3 aromatic carbocycles. The minimum Gasteiger partial charge on any atom is -0.325 e. The topological polar surface area (TPSA) is 115 Å². The van der Waals surface area contributed by atoms with Crippen LogP contribution in [0.1, 0.15) is 0 Å². The molecule has 0 radical (unpaired) electrons. The Labute approximate surface area is 183 Å². The van der Waals surface area contributed by atoms with Crippen molar-refractivity contribution in [3.05, 3.63) is 78.9 Å². The number of carbonyl (C=O) groups excluding carboxylic acids is 1. The van der Waals surface area contributed by atoms with E-state index in [1.54, 1.807) is 6.07 Å². The fraction of sp³-hybridized carbons (Fsp3) is 0.0455. The summed E-state index contributed by atoms with van der Waals surface area (Å²) in [7, 11) is -3.84. The van der Waals surface area contributed by atoms with Gasteiger partial charge in [-0.3, -0.25) is 4.79 Å². The van der Waals surface area contributed by atoms with Gasteiger partial charge in [0.15, 0.2) is 0 Å². The maximum Gasteiger partial charge on any atom is 0.238 e. The number of amides is 1. The molecule has 0 aliphatic carbocycles. The molecule has 1 aromatic heterocycles. The Hall–Kier alpha value is -3.27. The van der Waals surface area contributed by atoms with Gasteiger partial charge in [0.2, 0.25) is 15.9 Å². The van der Waals surface area contributed by atoms with E-state index in [4.69, 9.17) is 5.14 Å². The molecule has 4 rings (SSSR count). The van der Waals surface area contributed by atoms with Gasteiger partial charge in [0.1, 0.15) is 10.7 Å². The van der Waals surface area contributed by atoms with Crippen molar-refractivity contribution in [2.45, 2.75) is 9.92 Å². The molecule has 9 heteroatoms. The summed E-state index contributed by atoms with van der Waals surface area (Å²) in [4.78, 5) is 12.3. The monoisotopic (exact) mass is 450 g/mol. The van der Waals surface area contributed by atoms with Crippen molar-refractivity contribution in [2.24, 2.45) is 5.14 Å². The molecule has 3 N–H and O–H groups in total. The Bertz CT molecular complexity index is 1360. The Morgan fingerprint density at radius 3 is 2.35 bits per heavy atom. The molecule has 0 fully saturated rings. The van der Waals surface area contributed by atoms with Crippen LogP contribution < -0.4 is 10.5 Å². The first-order valence-corrected chi connectivity index (χ1v) is 11.8. The summed E-state index contributed by atoms with van der Waals surface area (Å²) < 4.78 is 23.0. The molecular formula is C22H18N4O3S2. The van der Waals surface area contributed by atoms with E-state index in [2.05, 4.69) is 15.5 Å². The number of nitrogens with one attached hydrogen (secondary N) is 1. The lowest BCUT2D eigenvalue weighted by Gasteiger charge is -2.10. The molecule has 7 nitrogen and oxygen atoms in total. The highest BCUT2D eigenvalue weighted by molar-refractivity contribution is 8.00. The zero-order valence-electron chi connectivity index (χ0n) is 16.2. The third-order valence-corrected chi connectivity index (χ3v) is 6.38. The Morgan fingerprint density at radius 1 is 0.903 bits per heavy atom. The summed E-state index contributed by atoms with van der Waals surface area (Å²) in [5.74, 6) is -0.210. The van der Waals surface area contributed by atoms with Crippen LogP contribution in [-0.4, -0.2) is 30.3 Å². The molecule has 4 aromatic rings. The highest BCUT2D eigenvalue weighted by Crippen LogP contribution is 2.31. The van der Waals surface area contributed by atoms with Crippen LogP contribution in [0.25, 0.3) is 22.0 Å². The number of carbonyl (C=O) groups is 1. The normalized spacial score (nSPS) is 11.4. The minimum atomic E-state index is -3.84. The molecule has 0 saturated carbocycles.